The molecular formula is C22H28N6O3. The van der Waals surface area contributed by atoms with Crippen LogP contribution in [0.1, 0.15) is 25.7 Å². The van der Waals surface area contributed by atoms with Crippen molar-refractivity contribution in [3.05, 3.63) is 47.1 Å². The lowest BCUT2D eigenvalue weighted by Gasteiger charge is -2.27. The van der Waals surface area contributed by atoms with Gasteiger partial charge in [0.25, 0.3) is 0 Å². The number of amides is 1. The largest absolute Gasteiger partial charge is 0.395 e. The maximum atomic E-state index is 12.8. The van der Waals surface area contributed by atoms with E-state index in [1.54, 1.807) is 40.7 Å². The van der Waals surface area contributed by atoms with Crippen molar-refractivity contribution in [1.82, 2.24) is 19.1 Å². The molecule has 9 heteroatoms. The number of aliphatic hydroxyl groups excluding tert-OH is 1. The maximum Gasteiger partial charge on any atom is 0.330 e. The summed E-state index contributed by atoms with van der Waals surface area (Å²) in [5.74, 6) is 0.996. The summed E-state index contributed by atoms with van der Waals surface area (Å²) in [6.07, 6.45) is 6.70. The van der Waals surface area contributed by atoms with Gasteiger partial charge in [-0.15, -0.1) is 0 Å². The van der Waals surface area contributed by atoms with Crippen LogP contribution in [0.2, 0.25) is 0 Å². The van der Waals surface area contributed by atoms with Crippen molar-refractivity contribution in [1.29, 1.82) is 0 Å². The Hall–Kier alpha value is -3.20. The Balaban J connectivity index is 1.42. The molecule has 9 nitrogen and oxygen atoms in total. The minimum atomic E-state index is -0.0839. The van der Waals surface area contributed by atoms with E-state index in [9.17, 15) is 9.59 Å². The summed E-state index contributed by atoms with van der Waals surface area (Å²) in [4.78, 5) is 33.9. The molecule has 0 unspecified atom stereocenters. The molecule has 0 saturated heterocycles. The Morgan fingerprint density at radius 3 is 2.61 bits per heavy atom. The Kier molecular flexibility index (Phi) is 6.31. The monoisotopic (exact) mass is 424 g/mol. The normalized spacial score (nSPS) is 18.8. The van der Waals surface area contributed by atoms with Gasteiger partial charge in [0.2, 0.25) is 5.91 Å². The van der Waals surface area contributed by atoms with Crippen molar-refractivity contribution < 1.29 is 9.90 Å². The minimum absolute atomic E-state index is 0.0129. The van der Waals surface area contributed by atoms with E-state index < -0.39 is 0 Å². The van der Waals surface area contributed by atoms with Gasteiger partial charge in [-0.25, -0.2) is 9.78 Å². The summed E-state index contributed by atoms with van der Waals surface area (Å²) >= 11 is 0. The summed E-state index contributed by atoms with van der Waals surface area (Å²) in [6, 6.07) is 7.26. The first kappa shape index (κ1) is 21.0. The van der Waals surface area contributed by atoms with E-state index in [0.29, 0.717) is 30.5 Å². The summed E-state index contributed by atoms with van der Waals surface area (Å²) in [7, 11) is 1.75. The van der Waals surface area contributed by atoms with E-state index in [4.69, 9.17) is 5.11 Å². The Morgan fingerprint density at radius 2 is 1.90 bits per heavy atom. The van der Waals surface area contributed by atoms with Crippen LogP contribution in [0.15, 0.2) is 41.5 Å². The predicted octanol–water partition coefficient (Wildman–Crippen LogP) is 1.98. The molecule has 31 heavy (non-hydrogen) atoms. The molecule has 0 atom stereocenters. The number of hydrogen-bond acceptors (Lipinski definition) is 6. The number of nitrogens with one attached hydrogen (secondary N) is 2. The highest BCUT2D eigenvalue weighted by Gasteiger charge is 2.27. The first-order chi connectivity index (χ1) is 15.1. The number of pyridine rings is 2. The van der Waals surface area contributed by atoms with Gasteiger partial charge in [0, 0.05) is 44.1 Å². The zero-order valence-electron chi connectivity index (χ0n) is 17.6. The van der Waals surface area contributed by atoms with Gasteiger partial charge in [0.15, 0.2) is 5.65 Å². The fourth-order valence-corrected chi connectivity index (χ4v) is 4.27. The maximum absolute atomic E-state index is 12.8. The SMILES string of the molecule is Cn1c(=O)n(CC2CCC(C(=O)Nc3ccncc3)CC2)c2nc(NCCO)ccc21. The average molecular weight is 425 g/mol. The van der Waals surface area contributed by atoms with Gasteiger partial charge in [0.1, 0.15) is 5.82 Å². The van der Waals surface area contributed by atoms with Gasteiger partial charge in [-0.3, -0.25) is 18.9 Å². The summed E-state index contributed by atoms with van der Waals surface area (Å²) < 4.78 is 3.35. The van der Waals surface area contributed by atoms with Crippen molar-refractivity contribution in [2.24, 2.45) is 18.9 Å². The van der Waals surface area contributed by atoms with Crippen molar-refractivity contribution in [3.8, 4) is 0 Å². The minimum Gasteiger partial charge on any atom is -0.395 e. The van der Waals surface area contributed by atoms with Crippen LogP contribution >= 0.6 is 0 Å². The third-order valence-corrected chi connectivity index (χ3v) is 6.01. The fraction of sp³-hybridized carbons (Fsp3) is 0.455. The Labute approximate surface area is 180 Å². The van der Waals surface area contributed by atoms with Gasteiger partial charge in [0.05, 0.1) is 12.1 Å². The molecule has 1 amide bonds. The van der Waals surface area contributed by atoms with Crippen LogP contribution in [0.3, 0.4) is 0 Å². The molecule has 0 spiro atoms. The number of nitrogens with zero attached hydrogens (tertiary/aromatic N) is 4. The van der Waals surface area contributed by atoms with Crippen LogP contribution in [0.5, 0.6) is 0 Å². The van der Waals surface area contributed by atoms with E-state index in [2.05, 4.69) is 20.6 Å². The number of fused-ring (bicyclic) bond motifs is 1. The first-order valence-corrected chi connectivity index (χ1v) is 10.7. The zero-order valence-corrected chi connectivity index (χ0v) is 17.6. The molecule has 3 aromatic rings. The zero-order chi connectivity index (χ0) is 21.8. The standard InChI is InChI=1S/C22H28N6O3/c1-27-18-6-7-19(24-12-13-29)26-20(18)28(22(27)31)14-15-2-4-16(5-3-15)21(30)25-17-8-10-23-11-9-17/h6-11,15-16,29H,2-5,12-14H2,1H3,(H,24,26)(H,23,25,30). The molecule has 0 aromatic carbocycles. The molecule has 3 aromatic heterocycles. The lowest BCUT2D eigenvalue weighted by Crippen LogP contribution is -2.31. The number of carbonyl (C=O) groups excluding carboxylic acids is 1. The molecule has 0 bridgehead atoms. The Bertz CT molecular complexity index is 1100. The highest BCUT2D eigenvalue weighted by Crippen LogP contribution is 2.31. The topological polar surface area (TPSA) is 114 Å². The van der Waals surface area contributed by atoms with Crippen LogP contribution in [-0.4, -0.2) is 43.3 Å². The van der Waals surface area contributed by atoms with Gasteiger partial charge in [-0.05, 0) is 55.9 Å². The second-order valence-corrected chi connectivity index (χ2v) is 8.08. The second kappa shape index (κ2) is 9.30. The van der Waals surface area contributed by atoms with E-state index in [0.717, 1.165) is 36.9 Å². The molecule has 1 aliphatic rings. The number of aliphatic hydroxyl groups is 1. The molecule has 3 N–H and O–H groups in total. The van der Waals surface area contributed by atoms with E-state index in [-0.39, 0.29) is 24.1 Å². The molecule has 4 rings (SSSR count). The van der Waals surface area contributed by atoms with Crippen LogP contribution in [0.4, 0.5) is 11.5 Å². The van der Waals surface area contributed by atoms with Crippen molar-refractivity contribution in [3.63, 3.8) is 0 Å². The lowest BCUT2D eigenvalue weighted by atomic mass is 9.81. The predicted molar refractivity (Wildman–Crippen MR) is 119 cm³/mol. The lowest BCUT2D eigenvalue weighted by molar-refractivity contribution is -0.121. The average Bonchev–Trinajstić information content (AvgIpc) is 3.03. The van der Waals surface area contributed by atoms with Gasteiger partial charge >= 0.3 is 5.69 Å². The summed E-state index contributed by atoms with van der Waals surface area (Å²) in [5, 5.41) is 15.0. The van der Waals surface area contributed by atoms with Crippen molar-refractivity contribution >= 4 is 28.6 Å². The number of rotatable bonds is 7. The third-order valence-electron chi connectivity index (χ3n) is 6.01. The summed E-state index contributed by atoms with van der Waals surface area (Å²) in [5.41, 5.74) is 2.11. The van der Waals surface area contributed by atoms with E-state index in [1.165, 1.54) is 0 Å². The van der Waals surface area contributed by atoms with Gasteiger partial charge in [-0.1, -0.05) is 0 Å². The molecule has 1 aliphatic carbocycles. The molecule has 3 heterocycles. The smallest absolute Gasteiger partial charge is 0.330 e. The highest BCUT2D eigenvalue weighted by molar-refractivity contribution is 5.92. The number of hydrogen-bond donors (Lipinski definition) is 3. The molecular weight excluding hydrogens is 396 g/mol. The van der Waals surface area contributed by atoms with E-state index >= 15 is 0 Å². The molecule has 164 valence electrons. The van der Waals surface area contributed by atoms with Crippen LogP contribution < -0.4 is 16.3 Å². The van der Waals surface area contributed by atoms with Crippen LogP contribution in [0, 0.1) is 11.8 Å². The molecule has 0 radical (unpaired) electrons. The quantitative estimate of drug-likeness (QED) is 0.534. The third kappa shape index (κ3) is 4.61. The first-order valence-electron chi connectivity index (χ1n) is 10.7. The van der Waals surface area contributed by atoms with E-state index in [1.807, 2.05) is 12.1 Å². The number of aromatic nitrogens is 4. The van der Waals surface area contributed by atoms with Gasteiger partial charge in [-0.2, -0.15) is 0 Å². The highest BCUT2D eigenvalue weighted by atomic mass is 16.3. The van der Waals surface area contributed by atoms with Crippen molar-refractivity contribution in [2.45, 2.75) is 32.2 Å². The molecule has 1 saturated carbocycles. The number of aryl methyl sites for hydroxylation is 1. The fourth-order valence-electron chi connectivity index (χ4n) is 4.27. The van der Waals surface area contributed by atoms with Crippen LogP contribution in [-0.2, 0) is 18.4 Å². The molecule has 1 fully saturated rings. The van der Waals surface area contributed by atoms with Gasteiger partial charge < -0.3 is 15.7 Å². The second-order valence-electron chi connectivity index (χ2n) is 8.08. The van der Waals surface area contributed by atoms with Crippen molar-refractivity contribution in [2.75, 3.05) is 23.8 Å². The number of anilines is 2. The summed E-state index contributed by atoms with van der Waals surface area (Å²) in [6.45, 7) is 1.01. The number of imidazole rings is 1. The molecule has 0 aliphatic heterocycles. The number of carbonyl (C=O) groups is 1. The van der Waals surface area contributed by atoms with Crippen LogP contribution in [0.25, 0.3) is 11.2 Å². The Morgan fingerprint density at radius 1 is 1.16 bits per heavy atom.